The van der Waals surface area contributed by atoms with Gasteiger partial charge in [0, 0.05) is 30.3 Å². The van der Waals surface area contributed by atoms with Crippen LogP contribution in [0.1, 0.15) is 31.9 Å². The van der Waals surface area contributed by atoms with Gasteiger partial charge in [0.25, 0.3) is 0 Å². The quantitative estimate of drug-likeness (QED) is 0.663. The molecule has 0 bridgehead atoms. The van der Waals surface area contributed by atoms with Crippen LogP contribution in [0.3, 0.4) is 0 Å². The highest BCUT2D eigenvalue weighted by Crippen LogP contribution is 2.31. The molecule has 5 heteroatoms. The van der Waals surface area contributed by atoms with E-state index in [1.807, 2.05) is 30.9 Å². The SMILES string of the molecule is CN=C(NCC(C)(C)SC)NC1CCOc2ccccc21. The van der Waals surface area contributed by atoms with E-state index in [0.29, 0.717) is 0 Å². The summed E-state index contributed by atoms with van der Waals surface area (Å²) in [5.74, 6) is 1.82. The van der Waals surface area contributed by atoms with Crippen LogP contribution in [0.2, 0.25) is 0 Å². The zero-order valence-corrected chi connectivity index (χ0v) is 14.1. The molecule has 21 heavy (non-hydrogen) atoms. The molecule has 1 atom stereocenters. The first kappa shape index (κ1) is 16.0. The number of nitrogens with zero attached hydrogens (tertiary/aromatic N) is 1. The van der Waals surface area contributed by atoms with Gasteiger partial charge < -0.3 is 15.4 Å². The largest absolute Gasteiger partial charge is 0.493 e. The van der Waals surface area contributed by atoms with Crippen molar-refractivity contribution in [1.29, 1.82) is 0 Å². The van der Waals surface area contributed by atoms with E-state index in [4.69, 9.17) is 4.74 Å². The van der Waals surface area contributed by atoms with Gasteiger partial charge in [-0.05, 0) is 26.2 Å². The highest BCUT2D eigenvalue weighted by atomic mass is 32.2. The van der Waals surface area contributed by atoms with Crippen molar-refractivity contribution in [1.82, 2.24) is 10.6 Å². The molecule has 1 aliphatic rings. The molecule has 0 radical (unpaired) electrons. The molecule has 1 heterocycles. The van der Waals surface area contributed by atoms with Gasteiger partial charge in [-0.3, -0.25) is 4.99 Å². The van der Waals surface area contributed by atoms with Gasteiger partial charge in [-0.25, -0.2) is 0 Å². The maximum Gasteiger partial charge on any atom is 0.191 e. The van der Waals surface area contributed by atoms with Crippen molar-refractivity contribution in [3.8, 4) is 5.75 Å². The Bertz CT molecular complexity index is 502. The number of fused-ring (bicyclic) bond motifs is 1. The monoisotopic (exact) mass is 307 g/mol. The molecule has 116 valence electrons. The third-order valence-electron chi connectivity index (χ3n) is 3.73. The fraction of sp³-hybridized carbons (Fsp3) is 0.562. The van der Waals surface area contributed by atoms with E-state index in [9.17, 15) is 0 Å². The van der Waals surface area contributed by atoms with Gasteiger partial charge in [0.2, 0.25) is 0 Å². The van der Waals surface area contributed by atoms with Crippen molar-refractivity contribution < 1.29 is 4.74 Å². The fourth-order valence-corrected chi connectivity index (χ4v) is 2.44. The lowest BCUT2D eigenvalue weighted by Gasteiger charge is -2.29. The summed E-state index contributed by atoms with van der Waals surface area (Å²) in [5, 5.41) is 6.92. The number of guanidine groups is 1. The Kier molecular flexibility index (Phi) is 5.39. The van der Waals surface area contributed by atoms with Gasteiger partial charge in [0.05, 0.1) is 12.6 Å². The average molecular weight is 307 g/mol. The first-order chi connectivity index (χ1) is 10.1. The lowest BCUT2D eigenvalue weighted by atomic mass is 10.0. The summed E-state index contributed by atoms with van der Waals surface area (Å²) in [7, 11) is 1.81. The van der Waals surface area contributed by atoms with E-state index >= 15 is 0 Å². The summed E-state index contributed by atoms with van der Waals surface area (Å²) >= 11 is 1.85. The average Bonchev–Trinajstić information content (AvgIpc) is 2.51. The minimum atomic E-state index is 0.186. The summed E-state index contributed by atoms with van der Waals surface area (Å²) in [6.07, 6.45) is 3.08. The van der Waals surface area contributed by atoms with Gasteiger partial charge >= 0.3 is 0 Å². The van der Waals surface area contributed by atoms with Gasteiger partial charge in [-0.1, -0.05) is 18.2 Å². The van der Waals surface area contributed by atoms with Gasteiger partial charge in [-0.15, -0.1) is 0 Å². The van der Waals surface area contributed by atoms with Crippen LogP contribution in [0.4, 0.5) is 0 Å². The lowest BCUT2D eigenvalue weighted by Crippen LogP contribution is -2.45. The summed E-state index contributed by atoms with van der Waals surface area (Å²) < 4.78 is 5.88. The van der Waals surface area contributed by atoms with Gasteiger partial charge in [0.1, 0.15) is 5.75 Å². The van der Waals surface area contributed by atoms with Crippen LogP contribution in [0.25, 0.3) is 0 Å². The smallest absolute Gasteiger partial charge is 0.191 e. The first-order valence-corrected chi connectivity index (χ1v) is 8.52. The van der Waals surface area contributed by atoms with Crippen molar-refractivity contribution in [2.45, 2.75) is 31.1 Å². The highest BCUT2D eigenvalue weighted by Gasteiger charge is 2.22. The number of para-hydroxylation sites is 1. The Morgan fingerprint density at radius 2 is 2.19 bits per heavy atom. The van der Waals surface area contributed by atoms with E-state index in [2.05, 4.69) is 47.9 Å². The minimum absolute atomic E-state index is 0.186. The number of hydrogen-bond acceptors (Lipinski definition) is 3. The van der Waals surface area contributed by atoms with Crippen LogP contribution in [-0.2, 0) is 0 Å². The van der Waals surface area contributed by atoms with Crippen LogP contribution in [-0.4, -0.2) is 37.2 Å². The first-order valence-electron chi connectivity index (χ1n) is 7.30. The number of aliphatic imine (C=N–C) groups is 1. The second-order valence-corrected chi connectivity index (χ2v) is 7.27. The molecule has 1 aliphatic heterocycles. The number of thioether (sulfide) groups is 1. The van der Waals surface area contributed by atoms with E-state index in [1.165, 1.54) is 5.56 Å². The Labute approximate surface area is 131 Å². The molecule has 0 aromatic heterocycles. The second-order valence-electron chi connectivity index (χ2n) is 5.76. The number of rotatable bonds is 4. The van der Waals surface area contributed by atoms with E-state index in [1.54, 1.807) is 0 Å². The maximum atomic E-state index is 5.70. The second kappa shape index (κ2) is 7.07. The molecule has 2 rings (SSSR count). The molecule has 0 fully saturated rings. The number of nitrogens with one attached hydrogen (secondary N) is 2. The third kappa shape index (κ3) is 4.30. The van der Waals surface area contributed by atoms with Gasteiger partial charge in [0.15, 0.2) is 5.96 Å². The van der Waals surface area contributed by atoms with Crippen molar-refractivity contribution in [2.24, 2.45) is 4.99 Å². The molecular formula is C16H25N3OS. The van der Waals surface area contributed by atoms with Crippen molar-refractivity contribution in [3.05, 3.63) is 29.8 Å². The minimum Gasteiger partial charge on any atom is -0.493 e. The molecule has 1 aromatic rings. The Hall–Kier alpha value is -1.36. The van der Waals surface area contributed by atoms with Crippen molar-refractivity contribution >= 4 is 17.7 Å². The van der Waals surface area contributed by atoms with Crippen LogP contribution in [0, 0.1) is 0 Å². The van der Waals surface area contributed by atoms with Crippen LogP contribution >= 0.6 is 11.8 Å². The predicted molar refractivity (Wildman–Crippen MR) is 91.4 cm³/mol. The molecule has 4 nitrogen and oxygen atoms in total. The number of ether oxygens (including phenoxy) is 1. The fourth-order valence-electron chi connectivity index (χ4n) is 2.22. The highest BCUT2D eigenvalue weighted by molar-refractivity contribution is 7.99. The van der Waals surface area contributed by atoms with E-state index < -0.39 is 0 Å². The Morgan fingerprint density at radius 1 is 1.43 bits per heavy atom. The molecule has 0 amide bonds. The Morgan fingerprint density at radius 3 is 2.90 bits per heavy atom. The molecule has 0 saturated heterocycles. The molecule has 1 aromatic carbocycles. The Balaban J connectivity index is 2.00. The van der Waals surface area contributed by atoms with Crippen LogP contribution in [0.5, 0.6) is 5.75 Å². The van der Waals surface area contributed by atoms with Gasteiger partial charge in [-0.2, -0.15) is 11.8 Å². The predicted octanol–water partition coefficient (Wildman–Crippen LogP) is 2.82. The normalized spacial score (nSPS) is 18.7. The number of benzene rings is 1. The molecule has 1 unspecified atom stereocenters. The lowest BCUT2D eigenvalue weighted by molar-refractivity contribution is 0.261. The molecule has 0 saturated carbocycles. The summed E-state index contributed by atoms with van der Waals surface area (Å²) in [6.45, 7) is 6.06. The van der Waals surface area contributed by atoms with E-state index in [-0.39, 0.29) is 10.8 Å². The van der Waals surface area contributed by atoms with Crippen molar-refractivity contribution in [3.63, 3.8) is 0 Å². The standard InChI is InChI=1S/C16H25N3OS/c1-16(2,21-4)11-18-15(17-3)19-13-9-10-20-14-8-6-5-7-12(13)14/h5-8,13H,9-11H2,1-4H3,(H2,17,18,19). The molecule has 0 spiro atoms. The van der Waals surface area contributed by atoms with Crippen LogP contribution in [0.15, 0.2) is 29.3 Å². The zero-order valence-electron chi connectivity index (χ0n) is 13.3. The van der Waals surface area contributed by atoms with E-state index in [0.717, 1.165) is 31.3 Å². The summed E-state index contributed by atoms with van der Waals surface area (Å²) in [5.41, 5.74) is 1.20. The summed E-state index contributed by atoms with van der Waals surface area (Å²) in [6, 6.07) is 8.45. The molecule has 2 N–H and O–H groups in total. The number of hydrogen-bond donors (Lipinski definition) is 2. The maximum absolute atomic E-state index is 5.70. The summed E-state index contributed by atoms with van der Waals surface area (Å²) in [4.78, 5) is 4.34. The van der Waals surface area contributed by atoms with Crippen LogP contribution < -0.4 is 15.4 Å². The third-order valence-corrected chi connectivity index (χ3v) is 4.98. The molecule has 0 aliphatic carbocycles. The van der Waals surface area contributed by atoms with Crippen molar-refractivity contribution in [2.75, 3.05) is 26.5 Å². The zero-order chi connectivity index (χ0) is 15.3. The topological polar surface area (TPSA) is 45.7 Å². The molecular weight excluding hydrogens is 282 g/mol.